The lowest BCUT2D eigenvalue weighted by molar-refractivity contribution is -0.133. The zero-order valence-electron chi connectivity index (χ0n) is 18.4. The maximum absolute atomic E-state index is 13.1. The van der Waals surface area contributed by atoms with E-state index in [2.05, 4.69) is 27.3 Å². The minimum atomic E-state index is 0.141. The van der Waals surface area contributed by atoms with Crippen LogP contribution in [0.3, 0.4) is 0 Å². The second-order valence-electron chi connectivity index (χ2n) is 8.40. The van der Waals surface area contributed by atoms with Gasteiger partial charge in [0, 0.05) is 51.0 Å². The molecule has 1 N–H and O–H groups in total. The first-order valence-electron chi connectivity index (χ1n) is 11.2. The Hall–Kier alpha value is -3.17. The third-order valence-corrected chi connectivity index (χ3v) is 6.14. The number of rotatable bonds is 2. The Bertz CT molecular complexity index is 1090. The van der Waals surface area contributed by atoms with Gasteiger partial charge in [0.1, 0.15) is 18.2 Å². The molecule has 1 amide bonds. The molecule has 168 valence electrons. The lowest BCUT2D eigenvalue weighted by atomic mass is 10.1. The number of carbonyl (C=O) groups excluding carboxylic acids is 1. The Morgan fingerprint density at radius 1 is 1.12 bits per heavy atom. The van der Waals surface area contributed by atoms with Crippen LogP contribution in [0.2, 0.25) is 0 Å². The maximum atomic E-state index is 13.1. The molecule has 1 fully saturated rings. The van der Waals surface area contributed by atoms with Gasteiger partial charge in [-0.1, -0.05) is 12.1 Å². The molecule has 0 spiro atoms. The number of piperazine rings is 1. The normalized spacial score (nSPS) is 18.2. The topological polar surface area (TPSA) is 78.2 Å². The third-order valence-electron chi connectivity index (χ3n) is 6.14. The zero-order chi connectivity index (χ0) is 21.9. The molecule has 1 saturated heterocycles. The molecule has 5 rings (SSSR count). The molecule has 9 nitrogen and oxygen atoms in total. The Kier molecular flexibility index (Phi) is 5.91. The number of anilines is 1. The number of fused-ring (bicyclic) bond motifs is 4. The smallest absolute Gasteiger partial charge is 0.236 e. The molecule has 0 atom stereocenters. The number of nitrogens with one attached hydrogen (secondary N) is 1. The van der Waals surface area contributed by atoms with E-state index in [4.69, 9.17) is 9.72 Å². The van der Waals surface area contributed by atoms with Crippen molar-refractivity contribution in [2.75, 3.05) is 71.3 Å². The second kappa shape index (κ2) is 9.13. The van der Waals surface area contributed by atoms with E-state index < -0.39 is 0 Å². The molecule has 2 aromatic heterocycles. The highest BCUT2D eigenvalue weighted by Crippen LogP contribution is 2.27. The van der Waals surface area contributed by atoms with Gasteiger partial charge in [0.05, 0.1) is 19.3 Å². The van der Waals surface area contributed by atoms with Crippen LogP contribution in [0.15, 0.2) is 42.7 Å². The first-order chi connectivity index (χ1) is 15.7. The number of hydrogen-bond donors (Lipinski definition) is 1. The molecule has 0 saturated carbocycles. The summed E-state index contributed by atoms with van der Waals surface area (Å²) in [6.45, 7) is 6.51. The summed E-state index contributed by atoms with van der Waals surface area (Å²) in [4.78, 5) is 24.3. The number of nitrogens with zero attached hydrogens (tertiary/aromatic N) is 6. The van der Waals surface area contributed by atoms with Crippen molar-refractivity contribution in [3.63, 3.8) is 0 Å². The van der Waals surface area contributed by atoms with Crippen molar-refractivity contribution in [3.05, 3.63) is 42.7 Å². The molecular formula is C23H29N7O2. The standard InChI is InChI=1S/C23H29N7O2/c1-27-9-11-28(12-10-27)17-22(31)29-8-6-24-21-5-7-30-23(26-21)20(16-25-30)18-3-2-4-19(15-18)32-14-13-29/h2-5,7,15-16H,6,8-14,17H2,1H3,(H,24,26). The number of aromatic nitrogens is 3. The van der Waals surface area contributed by atoms with Crippen LogP contribution >= 0.6 is 0 Å². The number of amides is 1. The number of hydrogen-bond acceptors (Lipinski definition) is 7. The fourth-order valence-corrected chi connectivity index (χ4v) is 4.18. The summed E-state index contributed by atoms with van der Waals surface area (Å²) in [5, 5.41) is 7.79. The number of carbonyl (C=O) groups is 1. The van der Waals surface area contributed by atoms with E-state index in [1.165, 1.54) is 0 Å². The number of benzene rings is 1. The minimum Gasteiger partial charge on any atom is -0.492 e. The molecule has 32 heavy (non-hydrogen) atoms. The van der Waals surface area contributed by atoms with Crippen molar-refractivity contribution in [3.8, 4) is 16.9 Å². The Morgan fingerprint density at radius 3 is 2.88 bits per heavy atom. The lowest BCUT2D eigenvalue weighted by Gasteiger charge is -2.33. The van der Waals surface area contributed by atoms with Gasteiger partial charge in [-0.2, -0.15) is 5.10 Å². The molecule has 0 aliphatic carbocycles. The minimum absolute atomic E-state index is 0.141. The van der Waals surface area contributed by atoms with Crippen LogP contribution in [0, 0.1) is 0 Å². The van der Waals surface area contributed by atoms with Crippen molar-refractivity contribution < 1.29 is 9.53 Å². The van der Waals surface area contributed by atoms with E-state index in [0.717, 1.165) is 54.5 Å². The van der Waals surface area contributed by atoms with E-state index in [9.17, 15) is 4.79 Å². The highest BCUT2D eigenvalue weighted by atomic mass is 16.5. The highest BCUT2D eigenvalue weighted by Gasteiger charge is 2.21. The summed E-state index contributed by atoms with van der Waals surface area (Å²) in [7, 11) is 2.12. The van der Waals surface area contributed by atoms with Crippen molar-refractivity contribution in [2.45, 2.75) is 0 Å². The first-order valence-corrected chi connectivity index (χ1v) is 11.2. The SMILES string of the molecule is CN1CCN(CC(=O)N2CCNc3ccn4ncc(c4n3)-c3cccc(c3)OCC2)CC1. The van der Waals surface area contributed by atoms with Crippen LogP contribution in [-0.4, -0.2) is 101 Å². The maximum Gasteiger partial charge on any atom is 0.236 e. The summed E-state index contributed by atoms with van der Waals surface area (Å²) in [6, 6.07) is 9.85. The van der Waals surface area contributed by atoms with Crippen LogP contribution in [0.25, 0.3) is 16.8 Å². The van der Waals surface area contributed by atoms with Gasteiger partial charge in [0.15, 0.2) is 5.65 Å². The molecule has 4 bridgehead atoms. The predicted octanol–water partition coefficient (Wildman–Crippen LogP) is 1.28. The molecule has 2 aliphatic heterocycles. The molecule has 1 aromatic carbocycles. The van der Waals surface area contributed by atoms with Gasteiger partial charge in [-0.25, -0.2) is 9.50 Å². The van der Waals surface area contributed by atoms with E-state index in [1.807, 2.05) is 47.6 Å². The van der Waals surface area contributed by atoms with Crippen molar-refractivity contribution >= 4 is 17.4 Å². The molecule has 0 radical (unpaired) electrons. The van der Waals surface area contributed by atoms with E-state index >= 15 is 0 Å². The summed E-state index contributed by atoms with van der Waals surface area (Å²) in [5.41, 5.74) is 2.74. The lowest BCUT2D eigenvalue weighted by Crippen LogP contribution is -2.50. The molecule has 3 aromatic rings. The fourth-order valence-electron chi connectivity index (χ4n) is 4.18. The highest BCUT2D eigenvalue weighted by molar-refractivity contribution is 5.79. The van der Waals surface area contributed by atoms with Crippen LogP contribution in [-0.2, 0) is 4.79 Å². The summed E-state index contributed by atoms with van der Waals surface area (Å²) < 4.78 is 7.79. The molecule has 4 heterocycles. The average molecular weight is 436 g/mol. The molecule has 2 aliphatic rings. The monoisotopic (exact) mass is 435 g/mol. The van der Waals surface area contributed by atoms with Gasteiger partial charge in [-0.05, 0) is 30.8 Å². The average Bonchev–Trinajstić information content (AvgIpc) is 3.22. The number of ether oxygens (including phenoxy) is 1. The Morgan fingerprint density at radius 2 is 2.00 bits per heavy atom. The van der Waals surface area contributed by atoms with Gasteiger partial charge in [0.2, 0.25) is 5.91 Å². The second-order valence-corrected chi connectivity index (χ2v) is 8.40. The number of likely N-dealkylation sites (N-methyl/N-ethyl adjacent to an activating group) is 1. The van der Waals surface area contributed by atoms with Gasteiger partial charge in [-0.3, -0.25) is 9.69 Å². The molecular weight excluding hydrogens is 406 g/mol. The van der Waals surface area contributed by atoms with E-state index in [0.29, 0.717) is 32.8 Å². The van der Waals surface area contributed by atoms with Gasteiger partial charge in [0.25, 0.3) is 0 Å². The van der Waals surface area contributed by atoms with Crippen molar-refractivity contribution in [2.24, 2.45) is 0 Å². The Labute approximate surface area is 187 Å². The van der Waals surface area contributed by atoms with E-state index in [-0.39, 0.29) is 5.91 Å². The molecule has 0 unspecified atom stereocenters. The molecule has 9 heteroatoms. The first kappa shape index (κ1) is 20.7. The Balaban J connectivity index is 1.35. The van der Waals surface area contributed by atoms with Crippen LogP contribution < -0.4 is 10.1 Å². The fraction of sp³-hybridized carbons (Fsp3) is 0.435. The summed E-state index contributed by atoms with van der Waals surface area (Å²) >= 11 is 0. The van der Waals surface area contributed by atoms with Gasteiger partial charge >= 0.3 is 0 Å². The quantitative estimate of drug-likeness (QED) is 0.650. The predicted molar refractivity (Wildman–Crippen MR) is 123 cm³/mol. The van der Waals surface area contributed by atoms with Crippen LogP contribution in [0.4, 0.5) is 5.82 Å². The van der Waals surface area contributed by atoms with Crippen LogP contribution in [0.1, 0.15) is 0 Å². The zero-order valence-corrected chi connectivity index (χ0v) is 18.4. The third kappa shape index (κ3) is 4.53. The summed E-state index contributed by atoms with van der Waals surface area (Å²) in [6.07, 6.45) is 3.73. The van der Waals surface area contributed by atoms with Gasteiger partial charge in [-0.15, -0.1) is 0 Å². The largest absolute Gasteiger partial charge is 0.492 e. The van der Waals surface area contributed by atoms with E-state index in [1.54, 1.807) is 4.52 Å². The van der Waals surface area contributed by atoms with Crippen molar-refractivity contribution in [1.82, 2.24) is 29.3 Å². The van der Waals surface area contributed by atoms with Gasteiger partial charge < -0.3 is 19.9 Å². The summed E-state index contributed by atoms with van der Waals surface area (Å²) in [5.74, 6) is 1.69. The van der Waals surface area contributed by atoms with Crippen LogP contribution in [0.5, 0.6) is 5.75 Å². The van der Waals surface area contributed by atoms with Crippen molar-refractivity contribution in [1.29, 1.82) is 0 Å².